The van der Waals surface area contributed by atoms with Gasteiger partial charge < -0.3 is 0 Å². The number of nitrogens with zero attached hydrogens (tertiary/aromatic N) is 4. The smallest absolute Gasteiger partial charge is 0.196 e. The average molecular weight is 429 g/mol. The lowest BCUT2D eigenvalue weighted by molar-refractivity contribution is 0.102. The largest absolute Gasteiger partial charge is 0.296 e. The minimum Gasteiger partial charge on any atom is -0.296 e. The molecule has 0 unspecified atom stereocenters. The number of hydrogen-bond donors (Lipinski definition) is 0. The fourth-order valence-corrected chi connectivity index (χ4v) is 4.38. The van der Waals surface area contributed by atoms with Crippen LogP contribution in [0.4, 0.5) is 8.78 Å². The van der Waals surface area contributed by atoms with Crippen molar-refractivity contribution in [3.63, 3.8) is 0 Å². The van der Waals surface area contributed by atoms with Gasteiger partial charge in [-0.25, -0.2) is 8.78 Å². The van der Waals surface area contributed by atoms with E-state index in [1.807, 2.05) is 4.57 Å². The number of ketones is 1. The van der Waals surface area contributed by atoms with Crippen LogP contribution < -0.4 is 0 Å². The molecule has 0 saturated carbocycles. The number of carbonyl (C=O) groups is 1. The zero-order chi connectivity index (χ0) is 20.9. The molecule has 3 aromatic rings. The molecule has 5 nitrogen and oxygen atoms in total. The summed E-state index contributed by atoms with van der Waals surface area (Å²) in [6, 6.07) is 11.7. The number of benzene rings is 2. The summed E-state index contributed by atoms with van der Waals surface area (Å²) in [7, 11) is 0. The van der Waals surface area contributed by atoms with Crippen LogP contribution in [0.5, 0.6) is 0 Å². The van der Waals surface area contributed by atoms with Crippen LogP contribution in [-0.4, -0.2) is 44.3 Å². The molecule has 4 rings (SSSR count). The third-order valence-corrected chi connectivity index (χ3v) is 6.03. The number of carbonyl (C=O) groups excluding carboxylic acids is 1. The third-order valence-electron chi connectivity index (χ3n) is 5.10. The van der Waals surface area contributed by atoms with Crippen LogP contribution in [0, 0.1) is 11.6 Å². The van der Waals surface area contributed by atoms with E-state index >= 15 is 0 Å². The van der Waals surface area contributed by atoms with Gasteiger partial charge in [0, 0.05) is 11.3 Å². The molecule has 156 valence electrons. The molecule has 1 aromatic heterocycles. The van der Waals surface area contributed by atoms with Gasteiger partial charge in [0.2, 0.25) is 0 Å². The normalized spacial score (nSPS) is 14.7. The number of halogens is 2. The van der Waals surface area contributed by atoms with Crippen molar-refractivity contribution in [2.75, 3.05) is 18.8 Å². The number of aromatic nitrogens is 3. The first kappa shape index (κ1) is 20.7. The Labute approximate surface area is 178 Å². The lowest BCUT2D eigenvalue weighted by Gasteiger charge is -2.26. The number of Topliss-reactive ketones (excluding diaryl/α,β-unsaturated/α-hetero) is 1. The van der Waals surface area contributed by atoms with E-state index in [2.05, 4.69) is 15.1 Å². The molecular weight excluding hydrogens is 406 g/mol. The summed E-state index contributed by atoms with van der Waals surface area (Å²) in [6.45, 7) is 2.68. The summed E-state index contributed by atoms with van der Waals surface area (Å²) in [6.07, 6.45) is 3.57. The minimum absolute atomic E-state index is 0.119. The predicted molar refractivity (Wildman–Crippen MR) is 112 cm³/mol. The zero-order valence-corrected chi connectivity index (χ0v) is 17.2. The summed E-state index contributed by atoms with van der Waals surface area (Å²) in [5, 5.41) is 9.24. The molecule has 0 bridgehead atoms. The van der Waals surface area contributed by atoms with E-state index in [9.17, 15) is 13.6 Å². The molecule has 30 heavy (non-hydrogen) atoms. The van der Waals surface area contributed by atoms with Gasteiger partial charge in [0.15, 0.2) is 16.8 Å². The van der Waals surface area contributed by atoms with Gasteiger partial charge in [-0.1, -0.05) is 18.2 Å². The molecular formula is C22H22F2N4OS. The quantitative estimate of drug-likeness (QED) is 0.410. The SMILES string of the molecule is O=C(CSc1nnc(CN2CCCCC2)n1-c1ccc(F)cc1)c1ccc(F)cc1. The molecule has 2 aromatic carbocycles. The second-order valence-corrected chi connectivity index (χ2v) is 8.21. The highest BCUT2D eigenvalue weighted by Gasteiger charge is 2.20. The monoisotopic (exact) mass is 428 g/mol. The summed E-state index contributed by atoms with van der Waals surface area (Å²) < 4.78 is 28.4. The lowest BCUT2D eigenvalue weighted by Crippen LogP contribution is -2.30. The van der Waals surface area contributed by atoms with Crippen LogP contribution in [0.15, 0.2) is 53.7 Å². The zero-order valence-electron chi connectivity index (χ0n) is 16.4. The second kappa shape index (κ2) is 9.49. The van der Waals surface area contributed by atoms with Gasteiger partial charge in [0.1, 0.15) is 11.6 Å². The highest BCUT2D eigenvalue weighted by molar-refractivity contribution is 7.99. The maximum atomic E-state index is 13.4. The highest BCUT2D eigenvalue weighted by atomic mass is 32.2. The van der Waals surface area contributed by atoms with Crippen LogP contribution in [0.1, 0.15) is 35.4 Å². The average Bonchev–Trinajstić information content (AvgIpc) is 3.16. The van der Waals surface area contributed by atoms with Crippen molar-refractivity contribution in [2.24, 2.45) is 0 Å². The predicted octanol–water partition coefficient (Wildman–Crippen LogP) is 4.51. The molecule has 0 radical (unpaired) electrons. The maximum Gasteiger partial charge on any atom is 0.196 e. The van der Waals surface area contributed by atoms with E-state index in [-0.39, 0.29) is 23.2 Å². The number of piperidine rings is 1. The second-order valence-electron chi connectivity index (χ2n) is 7.27. The Kier molecular flexibility index (Phi) is 6.54. The minimum atomic E-state index is -0.377. The van der Waals surface area contributed by atoms with Crippen molar-refractivity contribution in [1.82, 2.24) is 19.7 Å². The number of rotatable bonds is 7. The third kappa shape index (κ3) is 4.94. The Morgan fingerprint density at radius 1 is 0.900 bits per heavy atom. The van der Waals surface area contributed by atoms with Crippen LogP contribution >= 0.6 is 11.8 Å². The molecule has 2 heterocycles. The van der Waals surface area contributed by atoms with E-state index in [0.29, 0.717) is 17.3 Å². The topological polar surface area (TPSA) is 51.0 Å². The van der Waals surface area contributed by atoms with Gasteiger partial charge in [-0.15, -0.1) is 10.2 Å². The fourth-order valence-electron chi connectivity index (χ4n) is 3.51. The van der Waals surface area contributed by atoms with E-state index in [1.54, 1.807) is 12.1 Å². The molecule has 0 amide bonds. The van der Waals surface area contributed by atoms with Gasteiger partial charge in [0.05, 0.1) is 12.3 Å². The molecule has 1 aliphatic heterocycles. The van der Waals surface area contributed by atoms with Gasteiger partial charge in [-0.3, -0.25) is 14.3 Å². The van der Waals surface area contributed by atoms with Crippen molar-refractivity contribution < 1.29 is 13.6 Å². The van der Waals surface area contributed by atoms with Crippen molar-refractivity contribution in [3.8, 4) is 5.69 Å². The van der Waals surface area contributed by atoms with E-state index in [4.69, 9.17) is 0 Å². The van der Waals surface area contributed by atoms with Crippen molar-refractivity contribution in [1.29, 1.82) is 0 Å². The van der Waals surface area contributed by atoms with Gasteiger partial charge in [-0.2, -0.15) is 0 Å². The molecule has 1 saturated heterocycles. The first-order chi connectivity index (χ1) is 14.6. The van der Waals surface area contributed by atoms with Gasteiger partial charge in [0.25, 0.3) is 0 Å². The van der Waals surface area contributed by atoms with E-state index < -0.39 is 0 Å². The Morgan fingerprint density at radius 2 is 1.53 bits per heavy atom. The number of hydrogen-bond acceptors (Lipinski definition) is 5. The number of likely N-dealkylation sites (tertiary alicyclic amines) is 1. The molecule has 0 aliphatic carbocycles. The Morgan fingerprint density at radius 3 is 2.20 bits per heavy atom. The van der Waals surface area contributed by atoms with Gasteiger partial charge in [-0.05, 0) is 74.5 Å². The molecule has 0 N–H and O–H groups in total. The highest BCUT2D eigenvalue weighted by Crippen LogP contribution is 2.25. The Hall–Kier alpha value is -2.58. The summed E-state index contributed by atoms with van der Waals surface area (Å²) >= 11 is 1.27. The van der Waals surface area contributed by atoms with Crippen LogP contribution in [0.25, 0.3) is 5.69 Å². The molecule has 8 heteroatoms. The Bertz CT molecular complexity index is 999. The Balaban J connectivity index is 1.56. The number of thioether (sulfide) groups is 1. The van der Waals surface area contributed by atoms with Gasteiger partial charge >= 0.3 is 0 Å². The molecule has 1 aliphatic rings. The summed E-state index contributed by atoms with van der Waals surface area (Å²) in [5.74, 6) is 0.100. The maximum absolute atomic E-state index is 13.4. The molecule has 0 atom stereocenters. The first-order valence-electron chi connectivity index (χ1n) is 9.94. The first-order valence-corrected chi connectivity index (χ1v) is 10.9. The molecule has 0 spiro atoms. The van der Waals surface area contributed by atoms with Crippen LogP contribution in [-0.2, 0) is 6.54 Å². The van der Waals surface area contributed by atoms with Crippen molar-refractivity contribution in [2.45, 2.75) is 31.0 Å². The summed E-state index contributed by atoms with van der Waals surface area (Å²) in [4.78, 5) is 14.8. The lowest BCUT2D eigenvalue weighted by atomic mass is 10.1. The summed E-state index contributed by atoms with van der Waals surface area (Å²) in [5.41, 5.74) is 1.20. The standard InChI is InChI=1S/C22H22F2N4OS/c23-17-6-4-16(5-7-17)20(29)15-30-22-26-25-21(14-27-12-2-1-3-13-27)28(22)19-10-8-18(24)9-11-19/h4-11H,1-3,12-15H2. The van der Waals surface area contributed by atoms with Crippen LogP contribution in [0.3, 0.4) is 0 Å². The van der Waals surface area contributed by atoms with E-state index in [0.717, 1.165) is 24.6 Å². The van der Waals surface area contributed by atoms with Crippen molar-refractivity contribution in [3.05, 3.63) is 71.6 Å². The molecule has 1 fully saturated rings. The fraction of sp³-hybridized carbons (Fsp3) is 0.318. The van der Waals surface area contributed by atoms with E-state index in [1.165, 1.54) is 67.4 Å². The van der Waals surface area contributed by atoms with Crippen LogP contribution in [0.2, 0.25) is 0 Å². The van der Waals surface area contributed by atoms with Crippen molar-refractivity contribution >= 4 is 17.5 Å².